The minimum atomic E-state index is -3.83. The molecule has 0 atom stereocenters. The Morgan fingerprint density at radius 3 is 2.19 bits per heavy atom. The number of nitrogens with zero attached hydrogens (tertiary/aromatic N) is 2. The quantitative estimate of drug-likeness (QED) is 0.729. The summed E-state index contributed by atoms with van der Waals surface area (Å²) in [5.41, 5.74) is 0.573. The van der Waals surface area contributed by atoms with Crippen LogP contribution in [-0.4, -0.2) is 38.5 Å². The highest BCUT2D eigenvalue weighted by Crippen LogP contribution is 2.08. The molecule has 9 heteroatoms. The van der Waals surface area contributed by atoms with E-state index in [9.17, 15) is 16.8 Å². The molecule has 1 aromatic heterocycles. The largest absolute Gasteiger partial charge is 0.233 e. The van der Waals surface area contributed by atoms with Crippen molar-refractivity contribution in [1.82, 2.24) is 10.2 Å². The monoisotopic (exact) mass is 284 g/mol. The van der Waals surface area contributed by atoms with E-state index in [1.165, 1.54) is 12.1 Å². The molecule has 0 N–H and O–H groups in total. The summed E-state index contributed by atoms with van der Waals surface area (Å²) in [6.07, 6.45) is 0. The average molecular weight is 285 g/mol. The van der Waals surface area contributed by atoms with Crippen molar-refractivity contribution in [2.45, 2.75) is 11.9 Å². The summed E-state index contributed by atoms with van der Waals surface area (Å²) in [6, 6.07) is 2.76. The highest BCUT2D eigenvalue weighted by molar-refractivity contribution is 8.14. The van der Waals surface area contributed by atoms with E-state index in [-0.39, 0.29) is 5.03 Å². The second-order valence-electron chi connectivity index (χ2n) is 3.07. The lowest BCUT2D eigenvalue weighted by atomic mass is 10.4. The molecule has 0 aromatic carbocycles. The number of hydrogen-bond donors (Lipinski definition) is 0. The first-order chi connectivity index (χ1) is 7.21. The molecule has 0 aliphatic heterocycles. The Morgan fingerprint density at radius 1 is 1.12 bits per heavy atom. The van der Waals surface area contributed by atoms with Gasteiger partial charge in [-0.15, -0.1) is 5.10 Å². The standard InChI is InChI=1S/C7H9ClN2O4S2/c1-6-2-3-7(10-9-6)15(11,12)4-5-16(8,13)14/h2-3H,4-5H2,1H3. The van der Waals surface area contributed by atoms with Gasteiger partial charge in [0.05, 0.1) is 17.2 Å². The SMILES string of the molecule is Cc1ccc(S(=O)(=O)CCS(=O)(=O)Cl)nn1. The Labute approximate surface area is 98.0 Å². The summed E-state index contributed by atoms with van der Waals surface area (Å²) in [5.74, 6) is -1.25. The fraction of sp³-hybridized carbons (Fsp3) is 0.429. The van der Waals surface area contributed by atoms with Gasteiger partial charge in [-0.05, 0) is 19.1 Å². The fourth-order valence-electron chi connectivity index (χ4n) is 0.866. The first kappa shape index (κ1) is 13.3. The third kappa shape index (κ3) is 4.03. The fourth-order valence-corrected chi connectivity index (χ4v) is 3.76. The summed E-state index contributed by atoms with van der Waals surface area (Å²) < 4.78 is 44.4. The minimum Gasteiger partial charge on any atom is -0.222 e. The van der Waals surface area contributed by atoms with Crippen LogP contribution in [0.1, 0.15) is 5.69 Å². The first-order valence-corrected chi connectivity index (χ1v) is 8.29. The zero-order valence-electron chi connectivity index (χ0n) is 8.29. The third-order valence-corrected chi connectivity index (χ3v) is 4.70. The van der Waals surface area contributed by atoms with Gasteiger partial charge in [-0.25, -0.2) is 16.8 Å². The molecule has 0 bridgehead atoms. The van der Waals surface area contributed by atoms with Crippen molar-refractivity contribution in [3.05, 3.63) is 17.8 Å². The molecule has 0 saturated heterocycles. The summed E-state index contributed by atoms with van der Waals surface area (Å²) in [6.45, 7) is 1.66. The van der Waals surface area contributed by atoms with Crippen molar-refractivity contribution in [3.63, 3.8) is 0 Å². The normalized spacial score (nSPS) is 12.6. The van der Waals surface area contributed by atoms with Crippen molar-refractivity contribution in [2.75, 3.05) is 11.5 Å². The van der Waals surface area contributed by atoms with Crippen molar-refractivity contribution >= 4 is 29.6 Å². The van der Waals surface area contributed by atoms with Gasteiger partial charge in [-0.1, -0.05) is 0 Å². The lowest BCUT2D eigenvalue weighted by molar-refractivity contribution is 0.587. The van der Waals surface area contributed by atoms with Crippen molar-refractivity contribution in [3.8, 4) is 0 Å². The van der Waals surface area contributed by atoms with E-state index in [1.807, 2.05) is 0 Å². The van der Waals surface area contributed by atoms with Gasteiger partial charge in [-0.3, -0.25) is 0 Å². The second kappa shape index (κ2) is 4.64. The van der Waals surface area contributed by atoms with Gasteiger partial charge in [0.2, 0.25) is 9.05 Å². The lowest BCUT2D eigenvalue weighted by Crippen LogP contribution is -2.15. The Hall–Kier alpha value is -0.730. The maximum atomic E-state index is 11.6. The van der Waals surface area contributed by atoms with E-state index >= 15 is 0 Å². The molecule has 1 heterocycles. The molecule has 0 aliphatic carbocycles. The number of rotatable bonds is 4. The molecular formula is C7H9ClN2O4S2. The van der Waals surface area contributed by atoms with Crippen LogP contribution in [0, 0.1) is 6.92 Å². The maximum absolute atomic E-state index is 11.6. The van der Waals surface area contributed by atoms with Crippen molar-refractivity contribution in [2.24, 2.45) is 0 Å². The van der Waals surface area contributed by atoms with E-state index in [4.69, 9.17) is 10.7 Å². The van der Waals surface area contributed by atoms with Gasteiger partial charge < -0.3 is 0 Å². The number of aryl methyl sites for hydroxylation is 1. The molecule has 0 amide bonds. The predicted octanol–water partition coefficient (Wildman–Crippen LogP) is 0.127. The van der Waals surface area contributed by atoms with Crippen molar-refractivity contribution in [1.29, 1.82) is 0 Å². The molecule has 16 heavy (non-hydrogen) atoms. The Balaban J connectivity index is 2.91. The van der Waals surface area contributed by atoms with E-state index in [1.54, 1.807) is 6.92 Å². The van der Waals surface area contributed by atoms with Gasteiger partial charge in [0.1, 0.15) is 0 Å². The smallest absolute Gasteiger partial charge is 0.222 e. The van der Waals surface area contributed by atoms with Crippen LogP contribution in [0.25, 0.3) is 0 Å². The molecule has 6 nitrogen and oxygen atoms in total. The van der Waals surface area contributed by atoms with Crippen LogP contribution in [0.15, 0.2) is 17.2 Å². The second-order valence-corrected chi connectivity index (χ2v) is 8.03. The minimum absolute atomic E-state index is 0.251. The van der Waals surface area contributed by atoms with E-state index in [0.717, 1.165) is 0 Å². The van der Waals surface area contributed by atoms with Crippen LogP contribution in [-0.2, 0) is 18.9 Å². The molecule has 1 aromatic rings. The summed E-state index contributed by atoms with van der Waals surface area (Å²) in [4.78, 5) is 0. The van der Waals surface area contributed by atoms with Crippen LogP contribution < -0.4 is 0 Å². The molecule has 0 fully saturated rings. The molecule has 1 rings (SSSR count). The Morgan fingerprint density at radius 2 is 1.75 bits per heavy atom. The predicted molar refractivity (Wildman–Crippen MR) is 58.5 cm³/mol. The highest BCUT2D eigenvalue weighted by atomic mass is 35.7. The van der Waals surface area contributed by atoms with Gasteiger partial charge in [0.15, 0.2) is 14.9 Å². The topological polar surface area (TPSA) is 94.1 Å². The zero-order chi connectivity index (χ0) is 12.4. The Kier molecular flexibility index (Phi) is 3.87. The molecule has 0 unspecified atom stereocenters. The van der Waals surface area contributed by atoms with E-state index in [0.29, 0.717) is 5.69 Å². The van der Waals surface area contributed by atoms with Crippen LogP contribution in [0.4, 0.5) is 0 Å². The molecular weight excluding hydrogens is 276 g/mol. The maximum Gasteiger partial charge on any atom is 0.233 e. The molecule has 0 radical (unpaired) electrons. The molecule has 0 spiro atoms. The summed E-state index contributed by atoms with van der Waals surface area (Å²) in [5, 5.41) is 6.80. The molecule has 90 valence electrons. The number of hydrogen-bond acceptors (Lipinski definition) is 6. The van der Waals surface area contributed by atoms with Crippen LogP contribution in [0.3, 0.4) is 0 Å². The summed E-state index contributed by atoms with van der Waals surface area (Å²) >= 11 is 0. The Bertz CT molecular complexity index is 565. The van der Waals surface area contributed by atoms with E-state index in [2.05, 4.69) is 10.2 Å². The number of halogens is 1. The molecule has 0 aliphatic rings. The van der Waals surface area contributed by atoms with Gasteiger partial charge in [0, 0.05) is 10.7 Å². The average Bonchev–Trinajstić information content (AvgIpc) is 2.15. The van der Waals surface area contributed by atoms with Crippen LogP contribution in [0.2, 0.25) is 0 Å². The third-order valence-electron chi connectivity index (χ3n) is 1.69. The first-order valence-electron chi connectivity index (χ1n) is 4.16. The number of sulfone groups is 1. The van der Waals surface area contributed by atoms with Crippen LogP contribution in [0.5, 0.6) is 0 Å². The van der Waals surface area contributed by atoms with Crippen molar-refractivity contribution < 1.29 is 16.8 Å². The highest BCUT2D eigenvalue weighted by Gasteiger charge is 2.19. The lowest BCUT2D eigenvalue weighted by Gasteiger charge is -2.01. The zero-order valence-corrected chi connectivity index (χ0v) is 10.7. The van der Waals surface area contributed by atoms with E-state index < -0.39 is 30.4 Å². The summed E-state index contributed by atoms with van der Waals surface area (Å²) in [7, 11) is -2.65. The van der Waals surface area contributed by atoms with Gasteiger partial charge in [-0.2, -0.15) is 5.10 Å². The van der Waals surface area contributed by atoms with Gasteiger partial charge >= 0.3 is 0 Å². The number of aromatic nitrogens is 2. The van der Waals surface area contributed by atoms with Crippen LogP contribution >= 0.6 is 10.7 Å². The van der Waals surface area contributed by atoms with Gasteiger partial charge in [0.25, 0.3) is 0 Å². The molecule has 0 saturated carbocycles.